The number of hydrogen-bond donors (Lipinski definition) is 1. The van der Waals surface area contributed by atoms with Crippen LogP contribution in [0.3, 0.4) is 0 Å². The van der Waals surface area contributed by atoms with Crippen molar-refractivity contribution in [3.63, 3.8) is 0 Å². The smallest absolute Gasteiger partial charge is 0.147 e. The number of hydrazone groups is 1. The molecule has 3 rings (SSSR count). The summed E-state index contributed by atoms with van der Waals surface area (Å²) in [6.45, 7) is 5.68. The van der Waals surface area contributed by atoms with Crippen LogP contribution in [0.25, 0.3) is 0 Å². The highest BCUT2D eigenvalue weighted by molar-refractivity contribution is 5.99. The third-order valence-electron chi connectivity index (χ3n) is 4.82. The van der Waals surface area contributed by atoms with Crippen LogP contribution >= 0.6 is 0 Å². The van der Waals surface area contributed by atoms with Crippen molar-refractivity contribution in [1.29, 1.82) is 5.26 Å². The Morgan fingerprint density at radius 1 is 1.11 bits per heavy atom. The second-order valence-electron chi connectivity index (χ2n) is 6.72. The number of rotatable bonds is 6. The van der Waals surface area contributed by atoms with Gasteiger partial charge in [0, 0.05) is 44.7 Å². The van der Waals surface area contributed by atoms with Crippen molar-refractivity contribution in [3.05, 3.63) is 59.7 Å². The SMILES string of the molecule is CC(=NNc1ccc(F)cc1)c1ccc(N2CCN(CCC#N)CC2)c(F)c1. The number of nitrogens with one attached hydrogen (secondary N) is 1. The van der Waals surface area contributed by atoms with Crippen molar-refractivity contribution in [3.8, 4) is 6.07 Å². The molecule has 0 unspecified atom stereocenters. The van der Waals surface area contributed by atoms with E-state index in [2.05, 4.69) is 21.5 Å². The summed E-state index contributed by atoms with van der Waals surface area (Å²) in [5, 5.41) is 12.9. The summed E-state index contributed by atoms with van der Waals surface area (Å²) in [5.41, 5.74) is 5.41. The Hall–Kier alpha value is -2.98. The number of benzene rings is 2. The van der Waals surface area contributed by atoms with Gasteiger partial charge in [0.15, 0.2) is 0 Å². The maximum atomic E-state index is 14.7. The van der Waals surface area contributed by atoms with Crippen molar-refractivity contribution in [2.75, 3.05) is 43.0 Å². The van der Waals surface area contributed by atoms with E-state index in [4.69, 9.17) is 5.26 Å². The average Bonchev–Trinajstić information content (AvgIpc) is 2.72. The van der Waals surface area contributed by atoms with Crippen molar-refractivity contribution in [1.82, 2.24) is 4.90 Å². The van der Waals surface area contributed by atoms with Gasteiger partial charge in [-0.05, 0) is 43.3 Å². The molecule has 1 heterocycles. The molecule has 0 aromatic heterocycles. The van der Waals surface area contributed by atoms with Gasteiger partial charge in [-0.1, -0.05) is 6.07 Å². The summed E-state index contributed by atoms with van der Waals surface area (Å²) >= 11 is 0. The molecule has 1 saturated heterocycles. The fourth-order valence-electron chi connectivity index (χ4n) is 3.15. The van der Waals surface area contributed by atoms with E-state index >= 15 is 0 Å². The highest BCUT2D eigenvalue weighted by Crippen LogP contribution is 2.22. The monoisotopic (exact) mass is 383 g/mol. The molecule has 7 heteroatoms. The molecule has 2 aromatic rings. The Morgan fingerprint density at radius 3 is 2.46 bits per heavy atom. The molecule has 5 nitrogen and oxygen atoms in total. The van der Waals surface area contributed by atoms with Gasteiger partial charge in [0.2, 0.25) is 0 Å². The fraction of sp³-hybridized carbons (Fsp3) is 0.333. The molecule has 2 aromatic carbocycles. The van der Waals surface area contributed by atoms with Crippen LogP contribution in [0.1, 0.15) is 18.9 Å². The lowest BCUT2D eigenvalue weighted by Gasteiger charge is -2.36. The molecule has 0 aliphatic carbocycles. The van der Waals surface area contributed by atoms with E-state index in [1.807, 2.05) is 11.0 Å². The molecule has 0 spiro atoms. The standard InChI is InChI=1S/C21H23F2N5/c1-16(25-26-19-6-4-18(22)5-7-19)17-3-8-21(20(23)15-17)28-13-11-27(12-14-28)10-2-9-24/h3-8,15,26H,2,10-14H2,1H3. The van der Waals surface area contributed by atoms with Gasteiger partial charge < -0.3 is 4.90 Å². The summed E-state index contributed by atoms with van der Waals surface area (Å²) in [5.74, 6) is -0.589. The molecule has 0 radical (unpaired) electrons. The van der Waals surface area contributed by atoms with Gasteiger partial charge in [-0.3, -0.25) is 10.3 Å². The molecule has 146 valence electrons. The van der Waals surface area contributed by atoms with Crippen LogP contribution in [0.15, 0.2) is 47.6 Å². The van der Waals surface area contributed by atoms with Crippen molar-refractivity contribution >= 4 is 17.1 Å². The summed E-state index contributed by atoms with van der Waals surface area (Å²) in [7, 11) is 0. The van der Waals surface area contributed by atoms with Crippen LogP contribution in [-0.2, 0) is 0 Å². The lowest BCUT2D eigenvalue weighted by molar-refractivity contribution is 0.263. The van der Waals surface area contributed by atoms with E-state index in [0.29, 0.717) is 29.1 Å². The number of anilines is 2. The molecule has 0 amide bonds. The summed E-state index contributed by atoms with van der Waals surface area (Å²) in [6, 6.07) is 13.2. The molecule has 0 atom stereocenters. The summed E-state index contributed by atoms with van der Waals surface area (Å²) in [6.07, 6.45) is 0.521. The van der Waals surface area contributed by atoms with E-state index < -0.39 is 0 Å². The average molecular weight is 383 g/mol. The Labute approximate surface area is 163 Å². The minimum absolute atomic E-state index is 0.278. The van der Waals surface area contributed by atoms with Gasteiger partial charge >= 0.3 is 0 Å². The Bertz CT molecular complexity index is 865. The fourth-order valence-corrected chi connectivity index (χ4v) is 3.15. The number of nitriles is 1. The summed E-state index contributed by atoms with van der Waals surface area (Å²) in [4.78, 5) is 4.26. The lowest BCUT2D eigenvalue weighted by atomic mass is 10.1. The zero-order valence-electron chi connectivity index (χ0n) is 15.8. The molecular formula is C21H23F2N5. The maximum Gasteiger partial charge on any atom is 0.147 e. The first kappa shape index (κ1) is 19.8. The lowest BCUT2D eigenvalue weighted by Crippen LogP contribution is -2.46. The Morgan fingerprint density at radius 2 is 1.82 bits per heavy atom. The quantitative estimate of drug-likeness (QED) is 0.608. The van der Waals surface area contributed by atoms with Crippen molar-refractivity contribution < 1.29 is 8.78 Å². The van der Waals surface area contributed by atoms with Gasteiger partial charge in [-0.15, -0.1) is 0 Å². The van der Waals surface area contributed by atoms with Gasteiger partial charge in [0.1, 0.15) is 11.6 Å². The topological polar surface area (TPSA) is 54.7 Å². The van der Waals surface area contributed by atoms with Gasteiger partial charge in [0.05, 0.1) is 23.2 Å². The predicted octanol–water partition coefficient (Wildman–Crippen LogP) is 3.84. The largest absolute Gasteiger partial charge is 0.367 e. The van der Waals surface area contributed by atoms with Crippen LogP contribution in [0.5, 0.6) is 0 Å². The third-order valence-corrected chi connectivity index (χ3v) is 4.82. The van der Waals surface area contributed by atoms with Crippen LogP contribution in [0.4, 0.5) is 20.2 Å². The van der Waals surface area contributed by atoms with Crippen LogP contribution in [0, 0.1) is 23.0 Å². The van der Waals surface area contributed by atoms with E-state index in [1.165, 1.54) is 18.2 Å². The van der Waals surface area contributed by atoms with Crippen molar-refractivity contribution in [2.24, 2.45) is 5.10 Å². The van der Waals surface area contributed by atoms with Crippen LogP contribution in [-0.4, -0.2) is 43.3 Å². The van der Waals surface area contributed by atoms with Crippen LogP contribution in [0.2, 0.25) is 0 Å². The highest BCUT2D eigenvalue weighted by Gasteiger charge is 2.19. The van der Waals surface area contributed by atoms with Gasteiger partial charge in [-0.2, -0.15) is 10.4 Å². The van der Waals surface area contributed by atoms with Crippen LogP contribution < -0.4 is 10.3 Å². The molecule has 0 saturated carbocycles. The minimum Gasteiger partial charge on any atom is -0.367 e. The second-order valence-corrected chi connectivity index (χ2v) is 6.72. The minimum atomic E-state index is -0.310. The first-order chi connectivity index (χ1) is 13.6. The van der Waals surface area contributed by atoms with Crippen molar-refractivity contribution in [2.45, 2.75) is 13.3 Å². The normalized spacial score (nSPS) is 15.4. The number of nitrogens with zero attached hydrogens (tertiary/aromatic N) is 4. The molecule has 0 bridgehead atoms. The van der Waals surface area contributed by atoms with E-state index in [9.17, 15) is 8.78 Å². The molecular weight excluding hydrogens is 360 g/mol. The number of piperazine rings is 1. The van der Waals surface area contributed by atoms with Gasteiger partial charge in [0.25, 0.3) is 0 Å². The third kappa shape index (κ3) is 5.05. The second kappa shape index (κ2) is 9.29. The number of halogens is 2. The summed E-state index contributed by atoms with van der Waals surface area (Å²) < 4.78 is 27.6. The molecule has 1 fully saturated rings. The molecule has 28 heavy (non-hydrogen) atoms. The van der Waals surface area contributed by atoms with E-state index in [1.54, 1.807) is 25.1 Å². The Balaban J connectivity index is 1.63. The first-order valence-corrected chi connectivity index (χ1v) is 9.27. The molecule has 1 N–H and O–H groups in total. The zero-order chi connectivity index (χ0) is 19.9. The highest BCUT2D eigenvalue weighted by atomic mass is 19.1. The first-order valence-electron chi connectivity index (χ1n) is 9.27. The Kier molecular flexibility index (Phi) is 6.56. The van der Waals surface area contributed by atoms with E-state index in [-0.39, 0.29) is 11.6 Å². The van der Waals surface area contributed by atoms with E-state index in [0.717, 1.165) is 32.7 Å². The number of hydrogen-bond acceptors (Lipinski definition) is 5. The molecule has 1 aliphatic heterocycles. The predicted molar refractivity (Wildman–Crippen MR) is 108 cm³/mol. The molecule has 1 aliphatic rings. The van der Waals surface area contributed by atoms with Gasteiger partial charge in [-0.25, -0.2) is 8.78 Å². The maximum absolute atomic E-state index is 14.7. The zero-order valence-corrected chi connectivity index (χ0v) is 15.8.